The monoisotopic (exact) mass is 304 g/mol. The number of alkyl halides is 3. The third-order valence-electron chi connectivity index (χ3n) is 3.74. The van der Waals surface area contributed by atoms with Gasteiger partial charge in [-0.25, -0.2) is 0 Å². The molecule has 1 aromatic heterocycles. The Balaban J connectivity index is 2.51. The summed E-state index contributed by atoms with van der Waals surface area (Å²) in [6.45, 7) is 3.83. The first-order valence-corrected chi connectivity index (χ1v) is 6.66. The van der Waals surface area contributed by atoms with Crippen LogP contribution in [0.4, 0.5) is 13.2 Å². The smallest absolute Gasteiger partial charge is 0.352 e. The van der Waals surface area contributed by atoms with Crippen LogP contribution in [0.3, 0.4) is 0 Å². The van der Waals surface area contributed by atoms with Crippen LogP contribution in [0.15, 0.2) is 30.3 Å². The van der Waals surface area contributed by atoms with Crippen LogP contribution >= 0.6 is 0 Å². The van der Waals surface area contributed by atoms with Crippen molar-refractivity contribution in [3.8, 4) is 6.07 Å². The molecule has 1 aromatic carbocycles. The highest BCUT2D eigenvalue weighted by Crippen LogP contribution is 2.31. The second-order valence-corrected chi connectivity index (χ2v) is 5.13. The van der Waals surface area contributed by atoms with Gasteiger partial charge in [-0.3, -0.25) is 0 Å². The van der Waals surface area contributed by atoms with E-state index < -0.39 is 11.7 Å². The number of aryl methyl sites for hydroxylation is 1. The molecule has 0 unspecified atom stereocenters. The summed E-state index contributed by atoms with van der Waals surface area (Å²) in [7, 11) is 1.90. The van der Waals surface area contributed by atoms with Gasteiger partial charge in [-0.15, -0.1) is 0 Å². The Morgan fingerprint density at radius 3 is 2.41 bits per heavy atom. The van der Waals surface area contributed by atoms with E-state index in [1.165, 1.54) is 12.1 Å². The van der Waals surface area contributed by atoms with Gasteiger partial charge in [-0.2, -0.15) is 18.4 Å². The van der Waals surface area contributed by atoms with Crippen molar-refractivity contribution < 1.29 is 13.2 Å². The molecule has 0 saturated carbocycles. The summed E-state index contributed by atoms with van der Waals surface area (Å²) in [5.74, 6) is 0. The van der Waals surface area contributed by atoms with Crippen molar-refractivity contribution in [2.45, 2.75) is 20.0 Å². The van der Waals surface area contributed by atoms with Gasteiger partial charge in [0, 0.05) is 18.4 Å². The van der Waals surface area contributed by atoms with E-state index in [9.17, 15) is 18.4 Å². The Hall–Kier alpha value is -2.48. The van der Waals surface area contributed by atoms with Crippen molar-refractivity contribution in [3.63, 3.8) is 0 Å². The van der Waals surface area contributed by atoms with Crippen LogP contribution < -0.4 is 0 Å². The van der Waals surface area contributed by atoms with E-state index >= 15 is 0 Å². The standard InChI is InChI=1S/C17H15F3N2/c1-11-7-14(12(2)22(11)3)8-15(10-21)13-5-4-6-16(9-13)17(18,19)20/h4-9H,1-3H3/b15-8-. The molecular formula is C17H15F3N2. The largest absolute Gasteiger partial charge is 0.416 e. The summed E-state index contributed by atoms with van der Waals surface area (Å²) >= 11 is 0. The second-order valence-electron chi connectivity index (χ2n) is 5.13. The van der Waals surface area contributed by atoms with E-state index in [-0.39, 0.29) is 11.1 Å². The normalized spacial score (nSPS) is 12.3. The summed E-state index contributed by atoms with van der Waals surface area (Å²) in [4.78, 5) is 0. The number of hydrogen-bond acceptors (Lipinski definition) is 1. The number of nitriles is 1. The molecule has 0 N–H and O–H groups in total. The molecule has 0 aliphatic heterocycles. The highest BCUT2D eigenvalue weighted by molar-refractivity contribution is 5.90. The van der Waals surface area contributed by atoms with Gasteiger partial charge in [0.2, 0.25) is 0 Å². The summed E-state index contributed by atoms with van der Waals surface area (Å²) in [5.41, 5.74) is 2.52. The number of aromatic nitrogens is 1. The predicted molar refractivity (Wildman–Crippen MR) is 79.8 cm³/mol. The van der Waals surface area contributed by atoms with Crippen molar-refractivity contribution in [3.05, 3.63) is 58.4 Å². The molecule has 0 spiro atoms. The van der Waals surface area contributed by atoms with Gasteiger partial charge in [-0.1, -0.05) is 12.1 Å². The quantitative estimate of drug-likeness (QED) is 0.738. The lowest BCUT2D eigenvalue weighted by Crippen LogP contribution is -2.04. The van der Waals surface area contributed by atoms with Crippen LogP contribution in [0.1, 0.15) is 28.1 Å². The van der Waals surface area contributed by atoms with Crippen molar-refractivity contribution in [2.75, 3.05) is 0 Å². The first kappa shape index (κ1) is 15.9. The van der Waals surface area contributed by atoms with Crippen LogP contribution in [0.2, 0.25) is 0 Å². The lowest BCUT2D eigenvalue weighted by Gasteiger charge is -2.08. The fourth-order valence-electron chi connectivity index (χ4n) is 2.23. The van der Waals surface area contributed by atoms with E-state index in [0.717, 1.165) is 29.1 Å². The lowest BCUT2D eigenvalue weighted by molar-refractivity contribution is -0.137. The van der Waals surface area contributed by atoms with Gasteiger partial charge in [0.05, 0.1) is 17.2 Å². The zero-order valence-corrected chi connectivity index (χ0v) is 12.5. The molecule has 2 aromatic rings. The predicted octanol–water partition coefficient (Wildman–Crippen LogP) is 4.72. The van der Waals surface area contributed by atoms with Gasteiger partial charge in [0.25, 0.3) is 0 Å². The van der Waals surface area contributed by atoms with Crippen molar-refractivity contribution in [2.24, 2.45) is 7.05 Å². The Morgan fingerprint density at radius 2 is 1.91 bits per heavy atom. The molecule has 2 nitrogen and oxygen atoms in total. The SMILES string of the molecule is Cc1cc(/C=C(/C#N)c2cccc(C(F)(F)F)c2)c(C)n1C. The average Bonchev–Trinajstić information content (AvgIpc) is 2.71. The molecule has 0 fully saturated rings. The summed E-state index contributed by atoms with van der Waals surface area (Å²) in [6.07, 6.45) is -2.80. The van der Waals surface area contributed by atoms with Crippen LogP contribution in [0.25, 0.3) is 11.6 Å². The fraction of sp³-hybridized carbons (Fsp3) is 0.235. The lowest BCUT2D eigenvalue weighted by atomic mass is 10.0. The van der Waals surface area contributed by atoms with Crippen LogP contribution in [-0.2, 0) is 13.2 Å². The Bertz CT molecular complexity index is 774. The highest BCUT2D eigenvalue weighted by Gasteiger charge is 2.30. The summed E-state index contributed by atoms with van der Waals surface area (Å²) < 4.78 is 40.3. The maximum atomic E-state index is 12.8. The zero-order valence-electron chi connectivity index (χ0n) is 12.5. The zero-order chi connectivity index (χ0) is 16.5. The molecule has 0 bridgehead atoms. The topological polar surface area (TPSA) is 28.7 Å². The fourth-order valence-corrected chi connectivity index (χ4v) is 2.23. The van der Waals surface area contributed by atoms with E-state index in [1.54, 1.807) is 6.08 Å². The molecule has 22 heavy (non-hydrogen) atoms. The molecule has 0 aliphatic rings. The van der Waals surface area contributed by atoms with Gasteiger partial charge in [0.15, 0.2) is 0 Å². The molecule has 114 valence electrons. The maximum absolute atomic E-state index is 12.8. The van der Waals surface area contributed by atoms with E-state index in [0.29, 0.717) is 0 Å². The molecule has 5 heteroatoms. The Labute approximate surface area is 127 Å². The number of benzene rings is 1. The van der Waals surface area contributed by atoms with Crippen LogP contribution in [-0.4, -0.2) is 4.57 Å². The summed E-state index contributed by atoms with van der Waals surface area (Å²) in [6, 6.07) is 8.71. The minimum absolute atomic E-state index is 0.208. The van der Waals surface area contributed by atoms with Crippen LogP contribution in [0, 0.1) is 25.2 Å². The molecule has 2 rings (SSSR count). The minimum Gasteiger partial charge on any atom is -0.352 e. The molecule has 0 radical (unpaired) electrons. The first-order valence-electron chi connectivity index (χ1n) is 6.66. The minimum atomic E-state index is -4.42. The molecule has 0 aliphatic carbocycles. The third kappa shape index (κ3) is 3.06. The number of nitrogens with zero attached hydrogens (tertiary/aromatic N) is 2. The number of rotatable bonds is 2. The number of halogens is 3. The van der Waals surface area contributed by atoms with E-state index in [1.807, 2.05) is 37.6 Å². The molecular weight excluding hydrogens is 289 g/mol. The van der Waals surface area contributed by atoms with Crippen molar-refractivity contribution >= 4 is 11.6 Å². The van der Waals surface area contributed by atoms with Crippen molar-refractivity contribution in [1.29, 1.82) is 5.26 Å². The number of allylic oxidation sites excluding steroid dienone is 1. The van der Waals surface area contributed by atoms with Crippen LogP contribution in [0.5, 0.6) is 0 Å². The van der Waals surface area contributed by atoms with Gasteiger partial charge < -0.3 is 4.57 Å². The first-order chi connectivity index (χ1) is 10.2. The second kappa shape index (κ2) is 5.72. The Kier molecular flexibility index (Phi) is 4.14. The van der Waals surface area contributed by atoms with Gasteiger partial charge >= 0.3 is 6.18 Å². The van der Waals surface area contributed by atoms with Gasteiger partial charge in [-0.05, 0) is 49.2 Å². The van der Waals surface area contributed by atoms with Gasteiger partial charge in [0.1, 0.15) is 0 Å². The average molecular weight is 304 g/mol. The van der Waals surface area contributed by atoms with Crippen molar-refractivity contribution in [1.82, 2.24) is 4.57 Å². The Morgan fingerprint density at radius 1 is 1.23 bits per heavy atom. The molecule has 1 heterocycles. The molecule has 0 saturated heterocycles. The van der Waals surface area contributed by atoms with E-state index in [2.05, 4.69) is 0 Å². The molecule has 0 atom stereocenters. The number of hydrogen-bond donors (Lipinski definition) is 0. The highest BCUT2D eigenvalue weighted by atomic mass is 19.4. The summed E-state index contributed by atoms with van der Waals surface area (Å²) in [5, 5.41) is 9.30. The third-order valence-corrected chi connectivity index (χ3v) is 3.74. The van der Waals surface area contributed by atoms with E-state index in [4.69, 9.17) is 0 Å². The molecule has 0 amide bonds. The maximum Gasteiger partial charge on any atom is 0.416 e.